The average molecular weight is 510 g/mol. The smallest absolute Gasteiger partial charge is 0.264 e. The zero-order valence-corrected chi connectivity index (χ0v) is 21.6. The van der Waals surface area contributed by atoms with Crippen LogP contribution in [-0.4, -0.2) is 79.0 Å². The number of amides is 3. The van der Waals surface area contributed by atoms with E-state index in [4.69, 9.17) is 4.74 Å². The molecule has 200 valence electrons. The van der Waals surface area contributed by atoms with Crippen LogP contribution in [-0.2, 0) is 9.53 Å². The minimum absolute atomic E-state index is 0.214. The first-order valence-corrected chi connectivity index (χ1v) is 13.4. The summed E-state index contributed by atoms with van der Waals surface area (Å²) in [6.45, 7) is 12.8. The Morgan fingerprint density at radius 3 is 2.62 bits per heavy atom. The van der Waals surface area contributed by atoms with Crippen LogP contribution in [0.25, 0.3) is 0 Å². The summed E-state index contributed by atoms with van der Waals surface area (Å²) in [5.74, 6) is -1.15. The van der Waals surface area contributed by atoms with Crippen molar-refractivity contribution in [3.8, 4) is 0 Å². The van der Waals surface area contributed by atoms with Crippen LogP contribution in [0.15, 0.2) is 43.3 Å². The first-order chi connectivity index (χ1) is 18.0. The Kier molecular flexibility index (Phi) is 9.35. The van der Waals surface area contributed by atoms with Crippen LogP contribution in [0.5, 0.6) is 0 Å². The Bertz CT molecular complexity index is 1020. The van der Waals surface area contributed by atoms with E-state index in [2.05, 4.69) is 34.0 Å². The van der Waals surface area contributed by atoms with E-state index < -0.39 is 17.9 Å². The number of carbonyl (C=O) groups is 3. The summed E-state index contributed by atoms with van der Waals surface area (Å²) < 4.78 is 5.81. The fourth-order valence-electron chi connectivity index (χ4n) is 5.24. The topological polar surface area (TPSA) is 103 Å². The number of hydrogen-bond acceptors (Lipinski definition) is 7. The number of hydrogen-bond donors (Lipinski definition) is 3. The van der Waals surface area contributed by atoms with Crippen LogP contribution in [0.2, 0.25) is 0 Å². The molecule has 2 fully saturated rings. The summed E-state index contributed by atoms with van der Waals surface area (Å²) in [5, 5.41) is 9.30. The molecule has 0 spiro atoms. The molecular weight excluding hydrogens is 470 g/mol. The van der Waals surface area contributed by atoms with Gasteiger partial charge >= 0.3 is 0 Å². The number of ether oxygens (including phenoxy) is 1. The Labute approximate surface area is 219 Å². The molecule has 3 aliphatic heterocycles. The van der Waals surface area contributed by atoms with Gasteiger partial charge in [0.05, 0.1) is 17.7 Å². The molecule has 0 radical (unpaired) electrons. The van der Waals surface area contributed by atoms with Crippen molar-refractivity contribution in [2.75, 3.05) is 44.7 Å². The van der Waals surface area contributed by atoms with Gasteiger partial charge in [-0.05, 0) is 63.3 Å². The van der Waals surface area contributed by atoms with E-state index in [9.17, 15) is 14.4 Å². The van der Waals surface area contributed by atoms with E-state index >= 15 is 0 Å². The quantitative estimate of drug-likeness (QED) is 0.278. The fraction of sp³-hybridized carbons (Fsp3) is 0.536. The molecule has 0 bridgehead atoms. The molecule has 3 amide bonds. The summed E-state index contributed by atoms with van der Waals surface area (Å²) in [4.78, 5) is 42.5. The highest BCUT2D eigenvalue weighted by atomic mass is 16.5. The van der Waals surface area contributed by atoms with Gasteiger partial charge in [0.2, 0.25) is 5.91 Å². The molecule has 3 aliphatic rings. The number of likely N-dealkylation sites (tertiary alicyclic amines) is 1. The second-order valence-corrected chi connectivity index (χ2v) is 9.95. The van der Waals surface area contributed by atoms with E-state index in [0.717, 1.165) is 76.4 Å². The van der Waals surface area contributed by atoms with Crippen molar-refractivity contribution in [2.45, 2.75) is 57.0 Å². The summed E-state index contributed by atoms with van der Waals surface area (Å²) in [6.07, 6.45) is 7.91. The van der Waals surface area contributed by atoms with Gasteiger partial charge in [0.1, 0.15) is 6.04 Å². The molecule has 4 rings (SSSR count). The lowest BCUT2D eigenvalue weighted by Crippen LogP contribution is -2.51. The third kappa shape index (κ3) is 6.59. The Morgan fingerprint density at radius 1 is 1.05 bits per heavy atom. The standard InChI is InChI=1S/C28H39N5O4/c1-3-29-14-5-4-6-18-37-19-17-32-15-12-21(13-16-32)31-23-9-7-8-22-25(23)28(36)33(27(22)35)24-11-10-20(2)30-26(24)34/h3,7-9,21,24,29,31H,1-2,4-6,10-19H2,(H,30,34). The van der Waals surface area contributed by atoms with Crippen molar-refractivity contribution in [2.24, 2.45) is 0 Å². The molecule has 37 heavy (non-hydrogen) atoms. The summed E-state index contributed by atoms with van der Waals surface area (Å²) in [6, 6.07) is 4.73. The number of unbranched alkanes of at least 4 members (excludes halogenated alkanes) is 2. The zero-order chi connectivity index (χ0) is 26.2. The van der Waals surface area contributed by atoms with Crippen molar-refractivity contribution in [1.29, 1.82) is 0 Å². The van der Waals surface area contributed by atoms with Gasteiger partial charge in [-0.2, -0.15) is 0 Å². The number of anilines is 1. The molecule has 0 aliphatic carbocycles. The normalized spacial score (nSPS) is 20.6. The third-order valence-corrected chi connectivity index (χ3v) is 7.33. The highest BCUT2D eigenvalue weighted by Crippen LogP contribution is 2.33. The van der Waals surface area contributed by atoms with E-state index in [-0.39, 0.29) is 11.9 Å². The number of rotatable bonds is 13. The van der Waals surface area contributed by atoms with Crippen LogP contribution in [0.1, 0.15) is 65.7 Å². The highest BCUT2D eigenvalue weighted by molar-refractivity contribution is 6.25. The number of nitrogens with zero attached hydrogens (tertiary/aromatic N) is 2. The number of piperidine rings is 2. The van der Waals surface area contributed by atoms with Crippen LogP contribution in [0, 0.1) is 0 Å². The minimum atomic E-state index is -0.800. The van der Waals surface area contributed by atoms with Gasteiger partial charge in [-0.15, -0.1) is 0 Å². The highest BCUT2D eigenvalue weighted by Gasteiger charge is 2.45. The van der Waals surface area contributed by atoms with Gasteiger partial charge in [0.25, 0.3) is 11.8 Å². The zero-order valence-electron chi connectivity index (χ0n) is 21.6. The molecule has 3 N–H and O–H groups in total. The van der Waals surface area contributed by atoms with Gasteiger partial charge in [0.15, 0.2) is 0 Å². The van der Waals surface area contributed by atoms with Crippen molar-refractivity contribution < 1.29 is 19.1 Å². The first kappa shape index (κ1) is 26.9. The van der Waals surface area contributed by atoms with Gasteiger partial charge in [-0.1, -0.05) is 19.2 Å². The minimum Gasteiger partial charge on any atom is -0.391 e. The molecule has 0 saturated carbocycles. The third-order valence-electron chi connectivity index (χ3n) is 7.33. The number of imide groups is 1. The number of fused-ring (bicyclic) bond motifs is 1. The van der Waals surface area contributed by atoms with Crippen molar-refractivity contribution in [3.63, 3.8) is 0 Å². The van der Waals surface area contributed by atoms with E-state index in [1.807, 2.05) is 6.07 Å². The largest absolute Gasteiger partial charge is 0.391 e. The van der Waals surface area contributed by atoms with Gasteiger partial charge < -0.3 is 25.6 Å². The number of carbonyl (C=O) groups excluding carboxylic acids is 3. The fourth-order valence-corrected chi connectivity index (χ4v) is 5.24. The molecule has 3 heterocycles. The van der Waals surface area contributed by atoms with E-state index in [1.54, 1.807) is 18.3 Å². The Hall–Kier alpha value is -3.17. The predicted octanol–water partition coefficient (Wildman–Crippen LogP) is 2.87. The summed E-state index contributed by atoms with van der Waals surface area (Å²) in [5.41, 5.74) is 2.02. The molecule has 1 aromatic rings. The predicted molar refractivity (Wildman–Crippen MR) is 143 cm³/mol. The van der Waals surface area contributed by atoms with Crippen LogP contribution in [0.3, 0.4) is 0 Å². The maximum Gasteiger partial charge on any atom is 0.264 e. The number of nitrogens with one attached hydrogen (secondary N) is 3. The van der Waals surface area contributed by atoms with Gasteiger partial charge in [0, 0.05) is 50.2 Å². The summed E-state index contributed by atoms with van der Waals surface area (Å²) >= 11 is 0. The molecule has 1 atom stereocenters. The van der Waals surface area contributed by atoms with Gasteiger partial charge in [-0.25, -0.2) is 0 Å². The lowest BCUT2D eigenvalue weighted by molar-refractivity contribution is -0.125. The average Bonchev–Trinajstić information content (AvgIpc) is 3.14. The lowest BCUT2D eigenvalue weighted by atomic mass is 10.0. The molecule has 0 aromatic heterocycles. The number of allylic oxidation sites excluding steroid dienone is 1. The summed E-state index contributed by atoms with van der Waals surface area (Å²) in [7, 11) is 0. The monoisotopic (exact) mass is 509 g/mol. The second kappa shape index (κ2) is 12.9. The SMILES string of the molecule is C=CNCCCCCOCCN1CCC(Nc2cccc3c2C(=O)N(C2CCC(=C)NC2=O)C3=O)CC1. The van der Waals surface area contributed by atoms with E-state index in [1.165, 1.54) is 0 Å². The number of benzene rings is 1. The Morgan fingerprint density at radius 2 is 1.86 bits per heavy atom. The molecule has 9 nitrogen and oxygen atoms in total. The van der Waals surface area contributed by atoms with Crippen molar-refractivity contribution >= 4 is 23.4 Å². The first-order valence-electron chi connectivity index (χ1n) is 13.4. The van der Waals surface area contributed by atoms with Crippen LogP contribution < -0.4 is 16.0 Å². The second-order valence-electron chi connectivity index (χ2n) is 9.95. The molecular formula is C28H39N5O4. The Balaban J connectivity index is 1.23. The van der Waals surface area contributed by atoms with E-state index in [0.29, 0.717) is 35.4 Å². The lowest BCUT2D eigenvalue weighted by Gasteiger charge is -2.33. The van der Waals surface area contributed by atoms with Crippen molar-refractivity contribution in [1.82, 2.24) is 20.4 Å². The molecule has 9 heteroatoms. The maximum atomic E-state index is 13.3. The van der Waals surface area contributed by atoms with Crippen LogP contribution in [0.4, 0.5) is 5.69 Å². The maximum absolute atomic E-state index is 13.3. The van der Waals surface area contributed by atoms with Crippen LogP contribution >= 0.6 is 0 Å². The molecule has 2 saturated heterocycles. The van der Waals surface area contributed by atoms with Gasteiger partial charge in [-0.3, -0.25) is 19.3 Å². The van der Waals surface area contributed by atoms with Crippen molar-refractivity contribution in [3.05, 3.63) is 54.4 Å². The molecule has 1 aromatic carbocycles. The molecule has 1 unspecified atom stereocenters.